The van der Waals surface area contributed by atoms with Gasteiger partial charge in [-0.15, -0.1) is 0 Å². The molecule has 2 aliphatic rings. The summed E-state index contributed by atoms with van der Waals surface area (Å²) in [6.07, 6.45) is 0.994. The van der Waals surface area contributed by atoms with Gasteiger partial charge in [0.15, 0.2) is 0 Å². The first-order chi connectivity index (χ1) is 11.3. The lowest BCUT2D eigenvalue weighted by Crippen LogP contribution is -2.56. The quantitative estimate of drug-likeness (QED) is 0.883. The molecule has 2 aliphatic heterocycles. The van der Waals surface area contributed by atoms with Gasteiger partial charge in [0.25, 0.3) is 5.91 Å². The second-order valence-electron chi connectivity index (χ2n) is 6.45. The molecule has 7 heteroatoms. The summed E-state index contributed by atoms with van der Waals surface area (Å²) in [6, 6.07) is 6.70. The van der Waals surface area contributed by atoms with E-state index in [0.717, 1.165) is 0 Å². The zero-order chi connectivity index (χ0) is 17.5. The third kappa shape index (κ3) is 2.65. The Morgan fingerprint density at radius 2 is 1.79 bits per heavy atom. The maximum absolute atomic E-state index is 12.6. The van der Waals surface area contributed by atoms with Crippen LogP contribution in [0, 0.1) is 5.92 Å². The average Bonchev–Trinajstić information content (AvgIpc) is 2.81. The van der Waals surface area contributed by atoms with Crippen LogP contribution in [0.3, 0.4) is 0 Å². The van der Waals surface area contributed by atoms with Gasteiger partial charge in [-0.05, 0) is 37.1 Å². The molecule has 1 aromatic carbocycles. The first kappa shape index (κ1) is 16.8. The van der Waals surface area contributed by atoms with E-state index in [0.29, 0.717) is 36.5 Å². The van der Waals surface area contributed by atoms with Crippen LogP contribution in [0.2, 0.25) is 5.02 Å². The van der Waals surface area contributed by atoms with Crippen molar-refractivity contribution in [1.29, 1.82) is 0 Å². The van der Waals surface area contributed by atoms with Crippen molar-refractivity contribution in [1.82, 2.24) is 9.80 Å². The number of amides is 2. The van der Waals surface area contributed by atoms with Gasteiger partial charge >= 0.3 is 5.97 Å². The summed E-state index contributed by atoms with van der Waals surface area (Å²) in [5.74, 6) is -1.88. The number of piperidine rings is 1. The zero-order valence-electron chi connectivity index (χ0n) is 13.4. The van der Waals surface area contributed by atoms with Crippen molar-refractivity contribution in [2.45, 2.75) is 24.8 Å². The molecule has 0 aromatic heterocycles. The van der Waals surface area contributed by atoms with E-state index in [9.17, 15) is 19.5 Å². The Morgan fingerprint density at radius 1 is 1.21 bits per heavy atom. The van der Waals surface area contributed by atoms with Gasteiger partial charge in [-0.25, -0.2) is 0 Å². The van der Waals surface area contributed by atoms with E-state index in [2.05, 4.69) is 0 Å². The second kappa shape index (κ2) is 6.09. The summed E-state index contributed by atoms with van der Waals surface area (Å²) >= 11 is 5.84. The van der Waals surface area contributed by atoms with Crippen LogP contribution in [0.15, 0.2) is 24.3 Å². The lowest BCUT2D eigenvalue weighted by Gasteiger charge is -2.45. The molecule has 2 fully saturated rings. The van der Waals surface area contributed by atoms with E-state index in [1.165, 1.54) is 0 Å². The summed E-state index contributed by atoms with van der Waals surface area (Å²) in [6.45, 7) is 0.867. The molecule has 1 N–H and O–H groups in total. The molecule has 0 aliphatic carbocycles. The Hall–Kier alpha value is -2.08. The Labute approximate surface area is 145 Å². The monoisotopic (exact) mass is 350 g/mol. The first-order valence-electron chi connectivity index (χ1n) is 7.89. The van der Waals surface area contributed by atoms with E-state index >= 15 is 0 Å². The molecule has 2 saturated heterocycles. The van der Waals surface area contributed by atoms with Gasteiger partial charge in [0, 0.05) is 37.1 Å². The van der Waals surface area contributed by atoms with Crippen molar-refractivity contribution in [3.05, 3.63) is 34.9 Å². The van der Waals surface area contributed by atoms with Crippen LogP contribution < -0.4 is 0 Å². The van der Waals surface area contributed by atoms with Crippen molar-refractivity contribution in [3.8, 4) is 0 Å². The minimum absolute atomic E-state index is 0.0387. The van der Waals surface area contributed by atoms with Gasteiger partial charge in [0.05, 0.1) is 11.5 Å². The van der Waals surface area contributed by atoms with Gasteiger partial charge in [0.2, 0.25) is 5.91 Å². The first-order valence-corrected chi connectivity index (χ1v) is 8.27. The van der Waals surface area contributed by atoms with Gasteiger partial charge in [-0.1, -0.05) is 11.6 Å². The van der Waals surface area contributed by atoms with Gasteiger partial charge in [-0.3, -0.25) is 14.4 Å². The third-order valence-electron chi connectivity index (χ3n) is 5.38. The fourth-order valence-electron chi connectivity index (χ4n) is 3.86. The molecule has 24 heavy (non-hydrogen) atoms. The molecular weight excluding hydrogens is 332 g/mol. The fourth-order valence-corrected chi connectivity index (χ4v) is 3.98. The number of carbonyl (C=O) groups is 3. The summed E-state index contributed by atoms with van der Waals surface area (Å²) in [5.41, 5.74) is -0.124. The van der Waals surface area contributed by atoms with Crippen LogP contribution in [0.4, 0.5) is 0 Å². The molecule has 0 bridgehead atoms. The highest BCUT2D eigenvalue weighted by Gasteiger charge is 2.55. The molecule has 1 spiro atoms. The highest BCUT2D eigenvalue weighted by atomic mass is 35.5. The summed E-state index contributed by atoms with van der Waals surface area (Å²) in [4.78, 5) is 39.4. The highest BCUT2D eigenvalue weighted by Crippen LogP contribution is 2.43. The Morgan fingerprint density at radius 3 is 2.33 bits per heavy atom. The SMILES string of the molecule is CN1C(=O)CC(C(=O)O)C12CCN(C(=O)c1ccc(Cl)cc1)CC2. The number of nitrogens with zero attached hydrogens (tertiary/aromatic N) is 2. The molecule has 2 heterocycles. The number of rotatable bonds is 2. The number of halogens is 1. The molecule has 6 nitrogen and oxygen atoms in total. The van der Waals surface area contributed by atoms with Gasteiger partial charge in [-0.2, -0.15) is 0 Å². The van der Waals surface area contributed by atoms with E-state index in [1.54, 1.807) is 41.1 Å². The smallest absolute Gasteiger partial charge is 0.309 e. The fraction of sp³-hybridized carbons (Fsp3) is 0.471. The van der Waals surface area contributed by atoms with E-state index < -0.39 is 17.4 Å². The zero-order valence-corrected chi connectivity index (χ0v) is 14.1. The van der Waals surface area contributed by atoms with Crippen LogP contribution in [0.25, 0.3) is 0 Å². The van der Waals surface area contributed by atoms with Crippen LogP contribution in [0.1, 0.15) is 29.6 Å². The third-order valence-corrected chi connectivity index (χ3v) is 5.63. The number of carbonyl (C=O) groups excluding carboxylic acids is 2. The largest absolute Gasteiger partial charge is 0.481 e. The minimum Gasteiger partial charge on any atom is -0.481 e. The molecule has 0 saturated carbocycles. The molecule has 128 valence electrons. The number of aliphatic carboxylic acids is 1. The van der Waals surface area contributed by atoms with E-state index in [4.69, 9.17) is 11.6 Å². The van der Waals surface area contributed by atoms with Crippen LogP contribution in [-0.2, 0) is 9.59 Å². The maximum Gasteiger partial charge on any atom is 0.309 e. The number of likely N-dealkylation sites (tertiary alicyclic amines) is 2. The Bertz CT molecular complexity index is 680. The minimum atomic E-state index is -0.940. The Balaban J connectivity index is 1.75. The summed E-state index contributed by atoms with van der Waals surface area (Å²) in [7, 11) is 1.67. The number of hydrogen-bond donors (Lipinski definition) is 1. The molecule has 0 radical (unpaired) electrons. The van der Waals surface area contributed by atoms with Gasteiger partial charge in [0.1, 0.15) is 0 Å². The standard InChI is InChI=1S/C17H19ClN2O4/c1-19-14(21)10-13(16(23)24)17(19)6-8-20(9-7-17)15(22)11-2-4-12(18)5-3-11/h2-5,13H,6-10H2,1H3,(H,23,24). The topological polar surface area (TPSA) is 77.9 Å². The second-order valence-corrected chi connectivity index (χ2v) is 6.89. The van der Waals surface area contributed by atoms with Crippen LogP contribution >= 0.6 is 11.6 Å². The molecular formula is C17H19ClN2O4. The maximum atomic E-state index is 12.6. The molecule has 1 aromatic rings. The van der Waals surface area contributed by atoms with Crippen molar-refractivity contribution >= 4 is 29.4 Å². The van der Waals surface area contributed by atoms with E-state index in [1.807, 2.05) is 0 Å². The van der Waals surface area contributed by atoms with Crippen molar-refractivity contribution < 1.29 is 19.5 Å². The van der Waals surface area contributed by atoms with Crippen LogP contribution in [0.5, 0.6) is 0 Å². The molecule has 3 rings (SSSR count). The lowest BCUT2D eigenvalue weighted by molar-refractivity contribution is -0.145. The number of benzene rings is 1. The van der Waals surface area contributed by atoms with Crippen molar-refractivity contribution in [2.75, 3.05) is 20.1 Å². The lowest BCUT2D eigenvalue weighted by atomic mass is 9.77. The summed E-state index contributed by atoms with van der Waals surface area (Å²) < 4.78 is 0. The van der Waals surface area contributed by atoms with Crippen molar-refractivity contribution in [3.63, 3.8) is 0 Å². The molecule has 1 unspecified atom stereocenters. The number of carboxylic acid groups (broad SMARTS) is 1. The number of carboxylic acids is 1. The molecule has 1 atom stereocenters. The predicted octanol–water partition coefficient (Wildman–Crippen LogP) is 1.88. The van der Waals surface area contributed by atoms with E-state index in [-0.39, 0.29) is 18.2 Å². The van der Waals surface area contributed by atoms with Crippen molar-refractivity contribution in [2.24, 2.45) is 5.92 Å². The van der Waals surface area contributed by atoms with Gasteiger partial charge < -0.3 is 14.9 Å². The molecule has 2 amide bonds. The predicted molar refractivity (Wildman–Crippen MR) is 87.8 cm³/mol. The highest BCUT2D eigenvalue weighted by molar-refractivity contribution is 6.30. The summed E-state index contributed by atoms with van der Waals surface area (Å²) in [5, 5.41) is 10.0. The number of hydrogen-bond acceptors (Lipinski definition) is 3. The normalized spacial score (nSPS) is 22.9. The Kier molecular flexibility index (Phi) is 4.25. The van der Waals surface area contributed by atoms with Crippen LogP contribution in [-0.4, -0.2) is 58.4 Å². The average molecular weight is 351 g/mol.